The van der Waals surface area contributed by atoms with Gasteiger partial charge < -0.3 is 10.6 Å². The van der Waals surface area contributed by atoms with E-state index in [0.717, 1.165) is 6.54 Å². The molecule has 84 valence electrons. The predicted octanol–water partition coefficient (Wildman–Crippen LogP) is 2.45. The molecule has 1 aromatic rings. The van der Waals surface area contributed by atoms with Crippen LogP contribution in [0.2, 0.25) is 0 Å². The summed E-state index contributed by atoms with van der Waals surface area (Å²) in [5.41, 5.74) is 8.37. The third-order valence-electron chi connectivity index (χ3n) is 2.90. The third kappa shape index (κ3) is 2.96. The van der Waals surface area contributed by atoms with Crippen LogP contribution in [0.3, 0.4) is 0 Å². The molecule has 0 aromatic heterocycles. The molecule has 0 fully saturated rings. The Hall–Kier alpha value is -1.02. The van der Waals surface area contributed by atoms with E-state index in [-0.39, 0.29) is 0 Å². The van der Waals surface area contributed by atoms with Gasteiger partial charge in [-0.3, -0.25) is 0 Å². The minimum Gasteiger partial charge on any atom is -0.378 e. The zero-order chi connectivity index (χ0) is 11.4. The van der Waals surface area contributed by atoms with Crippen LogP contribution in [-0.4, -0.2) is 20.6 Å². The molecule has 0 radical (unpaired) electrons. The van der Waals surface area contributed by atoms with Gasteiger partial charge in [0, 0.05) is 19.8 Å². The van der Waals surface area contributed by atoms with Gasteiger partial charge in [-0.2, -0.15) is 0 Å². The first-order chi connectivity index (χ1) is 7.06. The van der Waals surface area contributed by atoms with Crippen LogP contribution in [0.5, 0.6) is 0 Å². The average molecular weight is 206 g/mol. The van der Waals surface area contributed by atoms with Crippen molar-refractivity contribution in [2.45, 2.75) is 19.8 Å². The Bertz CT molecular complexity index is 288. The number of nitrogens with zero attached hydrogens (tertiary/aromatic N) is 1. The molecule has 0 aliphatic heterocycles. The van der Waals surface area contributed by atoms with E-state index >= 15 is 0 Å². The standard InChI is InChI=1S/C13H22N2/c1-10(2)13(9-14)11-5-7-12(8-6-11)15(3)4/h5-8,10,13H,9,14H2,1-4H3. The molecule has 2 N–H and O–H groups in total. The highest BCUT2D eigenvalue weighted by Crippen LogP contribution is 2.24. The number of nitrogens with two attached hydrogens (primary N) is 1. The van der Waals surface area contributed by atoms with Crippen LogP contribution >= 0.6 is 0 Å². The van der Waals surface area contributed by atoms with Gasteiger partial charge in [-0.05, 0) is 36.1 Å². The van der Waals surface area contributed by atoms with E-state index in [4.69, 9.17) is 5.73 Å². The van der Waals surface area contributed by atoms with Crippen molar-refractivity contribution >= 4 is 5.69 Å². The number of hydrogen-bond acceptors (Lipinski definition) is 2. The van der Waals surface area contributed by atoms with Crippen molar-refractivity contribution in [1.29, 1.82) is 0 Å². The van der Waals surface area contributed by atoms with Crippen molar-refractivity contribution in [2.75, 3.05) is 25.5 Å². The van der Waals surface area contributed by atoms with Gasteiger partial charge in [-0.15, -0.1) is 0 Å². The molecule has 0 amide bonds. The van der Waals surface area contributed by atoms with E-state index in [0.29, 0.717) is 11.8 Å². The highest BCUT2D eigenvalue weighted by atomic mass is 15.1. The molecule has 1 unspecified atom stereocenters. The fourth-order valence-corrected chi connectivity index (χ4v) is 1.81. The Labute approximate surface area is 93.1 Å². The average Bonchev–Trinajstić information content (AvgIpc) is 2.19. The summed E-state index contributed by atoms with van der Waals surface area (Å²) < 4.78 is 0. The molecule has 0 aliphatic carbocycles. The quantitative estimate of drug-likeness (QED) is 0.820. The van der Waals surface area contributed by atoms with Crippen molar-refractivity contribution in [2.24, 2.45) is 11.7 Å². The number of rotatable bonds is 4. The molecule has 0 saturated carbocycles. The van der Waals surface area contributed by atoms with E-state index in [1.807, 2.05) is 0 Å². The van der Waals surface area contributed by atoms with Crippen molar-refractivity contribution in [1.82, 2.24) is 0 Å². The van der Waals surface area contributed by atoms with Crippen molar-refractivity contribution in [3.8, 4) is 0 Å². The van der Waals surface area contributed by atoms with Crippen LogP contribution in [0.1, 0.15) is 25.3 Å². The van der Waals surface area contributed by atoms with Crippen LogP contribution in [0.15, 0.2) is 24.3 Å². The Morgan fingerprint density at radius 2 is 1.67 bits per heavy atom. The fourth-order valence-electron chi connectivity index (χ4n) is 1.81. The van der Waals surface area contributed by atoms with Crippen LogP contribution in [0.25, 0.3) is 0 Å². The zero-order valence-corrected chi connectivity index (χ0v) is 10.2. The summed E-state index contributed by atoms with van der Waals surface area (Å²) in [7, 11) is 4.11. The molecular weight excluding hydrogens is 184 g/mol. The number of benzene rings is 1. The molecule has 1 rings (SSSR count). The molecule has 1 atom stereocenters. The lowest BCUT2D eigenvalue weighted by Crippen LogP contribution is -2.18. The maximum absolute atomic E-state index is 5.79. The third-order valence-corrected chi connectivity index (χ3v) is 2.90. The smallest absolute Gasteiger partial charge is 0.0361 e. The second kappa shape index (κ2) is 5.17. The summed E-state index contributed by atoms with van der Waals surface area (Å²) in [5, 5.41) is 0. The van der Waals surface area contributed by atoms with Gasteiger partial charge >= 0.3 is 0 Å². The van der Waals surface area contributed by atoms with E-state index in [1.54, 1.807) is 0 Å². The highest BCUT2D eigenvalue weighted by molar-refractivity contribution is 5.46. The Morgan fingerprint density at radius 3 is 2.00 bits per heavy atom. The second-order valence-electron chi connectivity index (χ2n) is 4.57. The lowest BCUT2D eigenvalue weighted by molar-refractivity contribution is 0.506. The SMILES string of the molecule is CC(C)C(CN)c1ccc(N(C)C)cc1. The minimum absolute atomic E-state index is 0.473. The largest absolute Gasteiger partial charge is 0.378 e. The van der Waals surface area contributed by atoms with E-state index in [1.165, 1.54) is 11.3 Å². The molecule has 0 heterocycles. The normalized spacial score (nSPS) is 12.9. The fraction of sp³-hybridized carbons (Fsp3) is 0.538. The first-order valence-electron chi connectivity index (χ1n) is 5.53. The van der Waals surface area contributed by atoms with Crippen molar-refractivity contribution < 1.29 is 0 Å². The van der Waals surface area contributed by atoms with Crippen LogP contribution in [0.4, 0.5) is 5.69 Å². The first-order valence-corrected chi connectivity index (χ1v) is 5.53. The second-order valence-corrected chi connectivity index (χ2v) is 4.57. The van der Waals surface area contributed by atoms with Crippen molar-refractivity contribution in [3.63, 3.8) is 0 Å². The Balaban J connectivity index is 2.87. The monoisotopic (exact) mass is 206 g/mol. The topological polar surface area (TPSA) is 29.3 Å². The number of anilines is 1. The molecule has 0 aliphatic rings. The molecule has 2 heteroatoms. The molecule has 0 spiro atoms. The van der Waals surface area contributed by atoms with Gasteiger partial charge in [0.1, 0.15) is 0 Å². The lowest BCUT2D eigenvalue weighted by Gasteiger charge is -2.20. The summed E-state index contributed by atoms with van der Waals surface area (Å²) in [6.07, 6.45) is 0. The molecule has 0 saturated heterocycles. The van der Waals surface area contributed by atoms with Gasteiger partial charge in [0.2, 0.25) is 0 Å². The first kappa shape index (κ1) is 12.1. The van der Waals surface area contributed by atoms with Gasteiger partial charge in [0.15, 0.2) is 0 Å². The maximum atomic E-state index is 5.79. The van der Waals surface area contributed by atoms with Crippen LogP contribution < -0.4 is 10.6 Å². The summed E-state index contributed by atoms with van der Waals surface area (Å²) in [6, 6.07) is 8.68. The van der Waals surface area contributed by atoms with Crippen molar-refractivity contribution in [3.05, 3.63) is 29.8 Å². The Morgan fingerprint density at radius 1 is 1.13 bits per heavy atom. The van der Waals surface area contributed by atoms with Gasteiger partial charge in [-0.25, -0.2) is 0 Å². The van der Waals surface area contributed by atoms with Crippen LogP contribution in [0, 0.1) is 5.92 Å². The number of hydrogen-bond donors (Lipinski definition) is 1. The Kier molecular flexibility index (Phi) is 4.15. The molecule has 0 bridgehead atoms. The van der Waals surface area contributed by atoms with Gasteiger partial charge in [-0.1, -0.05) is 26.0 Å². The highest BCUT2D eigenvalue weighted by Gasteiger charge is 2.13. The van der Waals surface area contributed by atoms with E-state index in [2.05, 4.69) is 57.1 Å². The van der Waals surface area contributed by atoms with Gasteiger partial charge in [0.25, 0.3) is 0 Å². The molecular formula is C13H22N2. The van der Waals surface area contributed by atoms with E-state index < -0.39 is 0 Å². The summed E-state index contributed by atoms with van der Waals surface area (Å²) >= 11 is 0. The van der Waals surface area contributed by atoms with E-state index in [9.17, 15) is 0 Å². The minimum atomic E-state index is 0.473. The maximum Gasteiger partial charge on any atom is 0.0361 e. The molecule has 2 nitrogen and oxygen atoms in total. The summed E-state index contributed by atoms with van der Waals surface area (Å²) in [5.74, 6) is 1.07. The van der Waals surface area contributed by atoms with Crippen LogP contribution in [-0.2, 0) is 0 Å². The lowest BCUT2D eigenvalue weighted by atomic mass is 9.88. The zero-order valence-electron chi connectivity index (χ0n) is 10.2. The predicted molar refractivity (Wildman–Crippen MR) is 67.4 cm³/mol. The summed E-state index contributed by atoms with van der Waals surface area (Å²) in [4.78, 5) is 2.11. The summed E-state index contributed by atoms with van der Waals surface area (Å²) in [6.45, 7) is 5.16. The molecule has 15 heavy (non-hydrogen) atoms. The van der Waals surface area contributed by atoms with Gasteiger partial charge in [0.05, 0.1) is 0 Å². The molecule has 1 aromatic carbocycles.